The van der Waals surface area contributed by atoms with Crippen molar-refractivity contribution >= 4 is 6.08 Å². The summed E-state index contributed by atoms with van der Waals surface area (Å²) in [7, 11) is 0. The van der Waals surface area contributed by atoms with Crippen LogP contribution in [-0.4, -0.2) is 6.10 Å². The van der Waals surface area contributed by atoms with Crippen LogP contribution < -0.4 is 4.74 Å². The fourth-order valence-corrected chi connectivity index (χ4v) is 1.37. The molecular formula is C12H13F3O. The van der Waals surface area contributed by atoms with Crippen LogP contribution in [0, 0.1) is 0 Å². The maximum absolute atomic E-state index is 12.8. The zero-order valence-electron chi connectivity index (χ0n) is 9.14. The first-order chi connectivity index (χ1) is 7.36. The molecule has 0 aliphatic rings. The minimum atomic E-state index is -4.44. The molecule has 88 valence electrons. The second-order valence-electron chi connectivity index (χ2n) is 3.59. The SMILES string of the molecule is C=Cc1cccc(OC(C)C)c1C(F)(F)F. The topological polar surface area (TPSA) is 9.23 Å². The summed E-state index contributed by atoms with van der Waals surface area (Å²) in [5.74, 6) is -0.153. The van der Waals surface area contributed by atoms with Gasteiger partial charge in [-0.25, -0.2) is 0 Å². The van der Waals surface area contributed by atoms with Gasteiger partial charge in [-0.2, -0.15) is 13.2 Å². The van der Waals surface area contributed by atoms with Crippen molar-refractivity contribution < 1.29 is 17.9 Å². The van der Waals surface area contributed by atoms with Gasteiger partial charge in [0.1, 0.15) is 11.3 Å². The lowest BCUT2D eigenvalue weighted by Crippen LogP contribution is -2.14. The predicted octanol–water partition coefficient (Wildman–Crippen LogP) is 4.14. The van der Waals surface area contributed by atoms with Gasteiger partial charge < -0.3 is 4.74 Å². The van der Waals surface area contributed by atoms with Crippen molar-refractivity contribution in [3.05, 3.63) is 35.9 Å². The Kier molecular flexibility index (Phi) is 3.62. The molecule has 0 aromatic heterocycles. The molecule has 0 N–H and O–H groups in total. The van der Waals surface area contributed by atoms with Crippen molar-refractivity contribution in [1.29, 1.82) is 0 Å². The molecule has 1 rings (SSSR count). The van der Waals surface area contributed by atoms with Crippen LogP contribution in [0.2, 0.25) is 0 Å². The lowest BCUT2D eigenvalue weighted by molar-refractivity contribution is -0.139. The van der Waals surface area contributed by atoms with E-state index in [9.17, 15) is 13.2 Å². The van der Waals surface area contributed by atoms with E-state index in [1.54, 1.807) is 13.8 Å². The minimum absolute atomic E-state index is 0.0330. The molecule has 16 heavy (non-hydrogen) atoms. The molecule has 1 nitrogen and oxygen atoms in total. The van der Waals surface area contributed by atoms with Gasteiger partial charge in [-0.05, 0) is 25.5 Å². The number of rotatable bonds is 3. The van der Waals surface area contributed by atoms with E-state index in [2.05, 4.69) is 6.58 Å². The van der Waals surface area contributed by atoms with Gasteiger partial charge in [0.2, 0.25) is 0 Å². The van der Waals surface area contributed by atoms with E-state index >= 15 is 0 Å². The molecular weight excluding hydrogens is 217 g/mol. The zero-order valence-corrected chi connectivity index (χ0v) is 9.14. The highest BCUT2D eigenvalue weighted by molar-refractivity contribution is 5.57. The van der Waals surface area contributed by atoms with Crippen molar-refractivity contribution in [1.82, 2.24) is 0 Å². The molecule has 0 spiro atoms. The van der Waals surface area contributed by atoms with Gasteiger partial charge in [0.25, 0.3) is 0 Å². The van der Waals surface area contributed by atoms with Crippen LogP contribution in [0.5, 0.6) is 5.75 Å². The van der Waals surface area contributed by atoms with Crippen molar-refractivity contribution in [3.63, 3.8) is 0 Å². The van der Waals surface area contributed by atoms with E-state index in [1.807, 2.05) is 0 Å². The van der Waals surface area contributed by atoms with Gasteiger partial charge in [0.15, 0.2) is 0 Å². The summed E-state index contributed by atoms with van der Waals surface area (Å²) in [5.41, 5.74) is -0.732. The largest absolute Gasteiger partial charge is 0.490 e. The Bertz CT molecular complexity index is 380. The Morgan fingerprint density at radius 3 is 2.38 bits per heavy atom. The van der Waals surface area contributed by atoms with E-state index < -0.39 is 11.7 Å². The second-order valence-corrected chi connectivity index (χ2v) is 3.59. The highest BCUT2D eigenvalue weighted by atomic mass is 19.4. The van der Waals surface area contributed by atoms with Crippen LogP contribution in [0.4, 0.5) is 13.2 Å². The maximum Gasteiger partial charge on any atom is 0.420 e. The first-order valence-corrected chi connectivity index (χ1v) is 4.85. The van der Waals surface area contributed by atoms with Crippen LogP contribution >= 0.6 is 0 Å². The summed E-state index contributed by atoms with van der Waals surface area (Å²) in [6, 6.07) is 4.20. The maximum atomic E-state index is 12.8. The van der Waals surface area contributed by atoms with Crippen LogP contribution in [0.3, 0.4) is 0 Å². The number of ether oxygens (including phenoxy) is 1. The first kappa shape index (κ1) is 12.6. The van der Waals surface area contributed by atoms with Crippen LogP contribution in [-0.2, 0) is 6.18 Å². The summed E-state index contributed by atoms with van der Waals surface area (Å²) in [4.78, 5) is 0. The quantitative estimate of drug-likeness (QED) is 0.758. The Balaban J connectivity index is 3.32. The zero-order chi connectivity index (χ0) is 12.3. The Morgan fingerprint density at radius 2 is 1.94 bits per heavy atom. The van der Waals surface area contributed by atoms with Gasteiger partial charge in [0, 0.05) is 0 Å². The summed E-state index contributed by atoms with van der Waals surface area (Å²) in [6.07, 6.45) is -3.56. The molecule has 0 radical (unpaired) electrons. The molecule has 0 saturated carbocycles. The van der Waals surface area contributed by atoms with E-state index in [-0.39, 0.29) is 17.4 Å². The Labute approximate surface area is 92.5 Å². The molecule has 1 aromatic carbocycles. The lowest BCUT2D eigenvalue weighted by Gasteiger charge is -2.18. The number of hydrogen-bond acceptors (Lipinski definition) is 1. The molecule has 0 saturated heterocycles. The third kappa shape index (κ3) is 2.78. The fourth-order valence-electron chi connectivity index (χ4n) is 1.37. The highest BCUT2D eigenvalue weighted by Crippen LogP contribution is 2.39. The number of alkyl halides is 3. The third-order valence-corrected chi connectivity index (χ3v) is 1.92. The molecule has 0 heterocycles. The van der Waals surface area contributed by atoms with Gasteiger partial charge in [-0.1, -0.05) is 24.8 Å². The molecule has 0 aliphatic heterocycles. The molecule has 0 unspecified atom stereocenters. The van der Waals surface area contributed by atoms with Gasteiger partial charge in [0.05, 0.1) is 6.10 Å². The van der Waals surface area contributed by atoms with Gasteiger partial charge >= 0.3 is 6.18 Å². The first-order valence-electron chi connectivity index (χ1n) is 4.85. The van der Waals surface area contributed by atoms with Crippen molar-refractivity contribution in [2.24, 2.45) is 0 Å². The summed E-state index contributed by atoms with van der Waals surface area (Å²) in [5, 5.41) is 0. The highest BCUT2D eigenvalue weighted by Gasteiger charge is 2.36. The lowest BCUT2D eigenvalue weighted by atomic mass is 10.1. The molecule has 0 amide bonds. The van der Waals surface area contributed by atoms with Crippen molar-refractivity contribution in [3.8, 4) is 5.75 Å². The van der Waals surface area contributed by atoms with Crippen LogP contribution in [0.1, 0.15) is 25.0 Å². The Morgan fingerprint density at radius 1 is 1.31 bits per heavy atom. The van der Waals surface area contributed by atoms with Crippen LogP contribution in [0.25, 0.3) is 6.08 Å². The fraction of sp³-hybridized carbons (Fsp3) is 0.333. The molecule has 0 bridgehead atoms. The van der Waals surface area contributed by atoms with Gasteiger partial charge in [-0.15, -0.1) is 0 Å². The monoisotopic (exact) mass is 230 g/mol. The molecule has 0 atom stereocenters. The average Bonchev–Trinajstić information content (AvgIpc) is 2.14. The minimum Gasteiger partial charge on any atom is -0.490 e. The molecule has 4 heteroatoms. The summed E-state index contributed by atoms with van der Waals surface area (Å²) < 4.78 is 43.6. The van der Waals surface area contributed by atoms with E-state index in [4.69, 9.17) is 4.74 Å². The smallest absolute Gasteiger partial charge is 0.420 e. The summed E-state index contributed by atoms with van der Waals surface area (Å²) >= 11 is 0. The van der Waals surface area contributed by atoms with Gasteiger partial charge in [-0.3, -0.25) is 0 Å². The number of halogens is 3. The van der Waals surface area contributed by atoms with Crippen molar-refractivity contribution in [2.45, 2.75) is 26.1 Å². The third-order valence-electron chi connectivity index (χ3n) is 1.92. The van der Waals surface area contributed by atoms with E-state index in [0.29, 0.717) is 0 Å². The van der Waals surface area contributed by atoms with E-state index in [0.717, 1.165) is 0 Å². The molecule has 0 aliphatic carbocycles. The van der Waals surface area contributed by atoms with Crippen molar-refractivity contribution in [2.75, 3.05) is 0 Å². The second kappa shape index (κ2) is 4.60. The number of benzene rings is 1. The summed E-state index contributed by atoms with van der Waals surface area (Å²) in [6.45, 7) is 6.73. The molecule has 0 fully saturated rings. The average molecular weight is 230 g/mol. The Hall–Kier alpha value is -1.45. The van der Waals surface area contributed by atoms with Crippen LogP contribution in [0.15, 0.2) is 24.8 Å². The number of hydrogen-bond donors (Lipinski definition) is 0. The standard InChI is InChI=1S/C12H13F3O/c1-4-9-6-5-7-10(16-8(2)3)11(9)12(13,14)15/h4-8H,1H2,2-3H3. The predicted molar refractivity (Wildman–Crippen MR) is 57.3 cm³/mol. The van der Waals surface area contributed by atoms with E-state index in [1.165, 1.54) is 24.3 Å². The normalized spacial score (nSPS) is 11.6. The molecule has 1 aromatic rings.